The molecule has 98 valence electrons. The number of nitrogens with one attached hydrogen (secondary N) is 1. The third kappa shape index (κ3) is 2.97. The first-order valence-corrected chi connectivity index (χ1v) is 6.31. The van der Waals surface area contributed by atoms with Crippen LogP contribution in [0, 0.1) is 5.92 Å². The summed E-state index contributed by atoms with van der Waals surface area (Å²) in [5, 5.41) is 13.1. The van der Waals surface area contributed by atoms with Crippen molar-refractivity contribution in [2.24, 2.45) is 5.92 Å². The summed E-state index contributed by atoms with van der Waals surface area (Å²) in [6, 6.07) is 0. The average molecular weight is 243 g/mol. The summed E-state index contributed by atoms with van der Waals surface area (Å²) < 4.78 is 10.5. The van der Waals surface area contributed by atoms with Gasteiger partial charge in [-0.3, -0.25) is 4.79 Å². The van der Waals surface area contributed by atoms with Crippen LogP contribution in [0.2, 0.25) is 0 Å². The summed E-state index contributed by atoms with van der Waals surface area (Å²) in [5.74, 6) is 0.0609. The van der Waals surface area contributed by atoms with Crippen molar-refractivity contribution in [1.29, 1.82) is 0 Å². The fourth-order valence-electron chi connectivity index (χ4n) is 2.35. The summed E-state index contributed by atoms with van der Waals surface area (Å²) in [5.41, 5.74) is -0.902. The van der Waals surface area contributed by atoms with Gasteiger partial charge in [0.25, 0.3) is 0 Å². The quantitative estimate of drug-likeness (QED) is 0.736. The minimum atomic E-state index is -0.902. The van der Waals surface area contributed by atoms with Gasteiger partial charge in [0.15, 0.2) is 0 Å². The number of hydrogen-bond acceptors (Lipinski definition) is 4. The number of carbonyl (C=O) groups is 1. The van der Waals surface area contributed by atoms with Crippen LogP contribution in [0.15, 0.2) is 0 Å². The molecule has 2 rings (SSSR count). The number of hydrogen-bond donors (Lipinski definition) is 2. The van der Waals surface area contributed by atoms with Crippen molar-refractivity contribution in [3.63, 3.8) is 0 Å². The molecule has 5 heteroatoms. The SMILES string of the molecule is CC1OCCC1(O)CNC(=O)C1CCOCC1. The molecule has 2 aliphatic heterocycles. The molecular formula is C12H21NO4. The van der Waals surface area contributed by atoms with E-state index >= 15 is 0 Å². The molecule has 2 aliphatic rings. The van der Waals surface area contributed by atoms with Gasteiger partial charge in [-0.25, -0.2) is 0 Å². The minimum Gasteiger partial charge on any atom is -0.385 e. The molecule has 2 unspecified atom stereocenters. The summed E-state index contributed by atoms with van der Waals surface area (Å²) in [6.07, 6.45) is 1.92. The molecule has 0 aromatic heterocycles. The number of amides is 1. The normalized spacial score (nSPS) is 34.8. The van der Waals surface area contributed by atoms with Gasteiger partial charge in [-0.15, -0.1) is 0 Å². The smallest absolute Gasteiger partial charge is 0.223 e. The van der Waals surface area contributed by atoms with Gasteiger partial charge in [0, 0.05) is 38.7 Å². The summed E-state index contributed by atoms with van der Waals surface area (Å²) in [4.78, 5) is 11.9. The molecule has 0 bridgehead atoms. The number of rotatable bonds is 3. The predicted molar refractivity (Wildman–Crippen MR) is 61.5 cm³/mol. The van der Waals surface area contributed by atoms with Crippen LogP contribution in [0.1, 0.15) is 26.2 Å². The van der Waals surface area contributed by atoms with Crippen molar-refractivity contribution in [3.05, 3.63) is 0 Å². The second-order valence-electron chi connectivity index (χ2n) is 4.97. The maximum Gasteiger partial charge on any atom is 0.223 e. The maximum absolute atomic E-state index is 11.9. The lowest BCUT2D eigenvalue weighted by Gasteiger charge is -2.28. The molecule has 0 radical (unpaired) electrons. The molecule has 17 heavy (non-hydrogen) atoms. The lowest BCUT2D eigenvalue weighted by atomic mass is 9.95. The van der Waals surface area contributed by atoms with Gasteiger partial charge in [-0.2, -0.15) is 0 Å². The van der Waals surface area contributed by atoms with Crippen LogP contribution in [0.4, 0.5) is 0 Å². The van der Waals surface area contributed by atoms with E-state index < -0.39 is 5.60 Å². The van der Waals surface area contributed by atoms with Crippen molar-refractivity contribution in [2.45, 2.75) is 37.9 Å². The Labute approximate surface area is 101 Å². The van der Waals surface area contributed by atoms with Crippen molar-refractivity contribution in [2.75, 3.05) is 26.4 Å². The molecule has 0 aromatic rings. The molecule has 5 nitrogen and oxygen atoms in total. The van der Waals surface area contributed by atoms with Crippen LogP contribution in [0.5, 0.6) is 0 Å². The molecule has 0 aliphatic carbocycles. The van der Waals surface area contributed by atoms with Gasteiger partial charge in [0.2, 0.25) is 5.91 Å². The van der Waals surface area contributed by atoms with Crippen molar-refractivity contribution < 1.29 is 19.4 Å². The summed E-state index contributed by atoms with van der Waals surface area (Å²) in [7, 11) is 0. The van der Waals surface area contributed by atoms with Gasteiger partial charge < -0.3 is 19.9 Å². The molecule has 2 atom stereocenters. The molecule has 2 N–H and O–H groups in total. The zero-order valence-electron chi connectivity index (χ0n) is 10.3. The third-order valence-corrected chi connectivity index (χ3v) is 3.82. The fraction of sp³-hybridized carbons (Fsp3) is 0.917. The highest BCUT2D eigenvalue weighted by molar-refractivity contribution is 5.78. The second kappa shape index (κ2) is 5.33. The third-order valence-electron chi connectivity index (χ3n) is 3.82. The van der Waals surface area contributed by atoms with E-state index in [1.165, 1.54) is 0 Å². The van der Waals surface area contributed by atoms with Gasteiger partial charge in [-0.05, 0) is 19.8 Å². The molecule has 2 heterocycles. The molecule has 0 spiro atoms. The van der Waals surface area contributed by atoms with E-state index in [4.69, 9.17) is 9.47 Å². The standard InChI is InChI=1S/C12H21NO4/c1-9-12(15,4-7-17-9)8-13-11(14)10-2-5-16-6-3-10/h9-10,15H,2-8H2,1H3,(H,13,14). The monoisotopic (exact) mass is 243 g/mol. The van der Waals surface area contributed by atoms with Crippen LogP contribution in [-0.4, -0.2) is 49.1 Å². The van der Waals surface area contributed by atoms with Gasteiger partial charge >= 0.3 is 0 Å². The molecule has 0 saturated carbocycles. The first kappa shape index (κ1) is 12.8. The van der Waals surface area contributed by atoms with E-state index in [2.05, 4.69) is 5.32 Å². The van der Waals surface area contributed by atoms with Gasteiger partial charge in [0.05, 0.1) is 6.10 Å². The Balaban J connectivity index is 1.79. The molecular weight excluding hydrogens is 222 g/mol. The highest BCUT2D eigenvalue weighted by atomic mass is 16.5. The van der Waals surface area contributed by atoms with E-state index in [0.717, 1.165) is 12.8 Å². The first-order valence-electron chi connectivity index (χ1n) is 6.31. The lowest BCUT2D eigenvalue weighted by molar-refractivity contribution is -0.129. The predicted octanol–water partition coefficient (Wildman–Crippen LogP) is 0.0691. The van der Waals surface area contributed by atoms with E-state index in [1.54, 1.807) is 0 Å². The van der Waals surface area contributed by atoms with Gasteiger partial charge in [-0.1, -0.05) is 0 Å². The number of ether oxygens (including phenoxy) is 2. The van der Waals surface area contributed by atoms with E-state index in [9.17, 15) is 9.90 Å². The maximum atomic E-state index is 11.9. The lowest BCUT2D eigenvalue weighted by Crippen LogP contribution is -2.49. The highest BCUT2D eigenvalue weighted by Crippen LogP contribution is 2.25. The zero-order chi connectivity index (χ0) is 12.3. The molecule has 1 amide bonds. The van der Waals surface area contributed by atoms with Crippen LogP contribution in [0.3, 0.4) is 0 Å². The fourth-order valence-corrected chi connectivity index (χ4v) is 2.35. The highest BCUT2D eigenvalue weighted by Gasteiger charge is 2.40. The molecule has 0 aromatic carbocycles. The zero-order valence-corrected chi connectivity index (χ0v) is 10.3. The van der Waals surface area contributed by atoms with Crippen LogP contribution in [-0.2, 0) is 14.3 Å². The van der Waals surface area contributed by atoms with Crippen LogP contribution < -0.4 is 5.32 Å². The Morgan fingerprint density at radius 3 is 2.71 bits per heavy atom. The van der Waals surface area contributed by atoms with E-state index in [1.807, 2.05) is 6.92 Å². The molecule has 2 saturated heterocycles. The van der Waals surface area contributed by atoms with Gasteiger partial charge in [0.1, 0.15) is 5.60 Å². The Morgan fingerprint density at radius 1 is 1.41 bits per heavy atom. The number of aliphatic hydroxyl groups is 1. The minimum absolute atomic E-state index is 0.0285. The van der Waals surface area contributed by atoms with Crippen molar-refractivity contribution >= 4 is 5.91 Å². The Bertz CT molecular complexity index is 278. The topological polar surface area (TPSA) is 67.8 Å². The van der Waals surface area contributed by atoms with Crippen molar-refractivity contribution in [3.8, 4) is 0 Å². The van der Waals surface area contributed by atoms with E-state index in [0.29, 0.717) is 26.2 Å². The van der Waals surface area contributed by atoms with Crippen molar-refractivity contribution in [1.82, 2.24) is 5.32 Å². The summed E-state index contributed by atoms with van der Waals surface area (Å²) in [6.45, 7) is 3.99. The molecule has 2 fully saturated rings. The first-order chi connectivity index (χ1) is 8.12. The summed E-state index contributed by atoms with van der Waals surface area (Å²) >= 11 is 0. The second-order valence-corrected chi connectivity index (χ2v) is 4.97. The largest absolute Gasteiger partial charge is 0.385 e. The average Bonchev–Trinajstić information content (AvgIpc) is 2.68. The van der Waals surface area contributed by atoms with Crippen LogP contribution in [0.25, 0.3) is 0 Å². The Kier molecular flexibility index (Phi) is 4.01. The Morgan fingerprint density at radius 2 is 2.12 bits per heavy atom. The van der Waals surface area contributed by atoms with E-state index in [-0.39, 0.29) is 24.5 Å². The number of carbonyl (C=O) groups excluding carboxylic acids is 1. The van der Waals surface area contributed by atoms with Crippen LogP contribution >= 0.6 is 0 Å². The Hall–Kier alpha value is -0.650.